The number of hydrogen-bond donors (Lipinski definition) is 0. The van der Waals surface area contributed by atoms with Gasteiger partial charge in [-0.1, -0.05) is 13.0 Å². The topological polar surface area (TPSA) is 17.8 Å². The molecule has 0 saturated carbocycles. The zero-order chi connectivity index (χ0) is 9.26. The lowest BCUT2D eigenvalue weighted by atomic mass is 10.2. The summed E-state index contributed by atoms with van der Waals surface area (Å²) in [5.41, 5.74) is 2.32. The van der Waals surface area contributed by atoms with Crippen LogP contribution in [-0.2, 0) is 6.54 Å². The fraction of sp³-hybridized carbons (Fsp3) is 0.364. The lowest BCUT2D eigenvalue weighted by molar-refractivity contribution is 0.617. The maximum Gasteiger partial charge on any atom is 0.0685 e. The van der Waals surface area contributed by atoms with Gasteiger partial charge >= 0.3 is 0 Å². The Hall–Kier alpha value is -1.31. The molecule has 0 spiro atoms. The monoisotopic (exact) mass is 173 g/mol. The highest BCUT2D eigenvalue weighted by atomic mass is 15.3. The van der Waals surface area contributed by atoms with Gasteiger partial charge < -0.3 is 0 Å². The zero-order valence-electron chi connectivity index (χ0n) is 8.04. The first-order valence-corrected chi connectivity index (χ1v) is 4.66. The molecule has 1 heterocycles. The largest absolute Gasteiger partial charge is 0.265 e. The van der Waals surface area contributed by atoms with Crippen molar-refractivity contribution in [1.82, 2.24) is 9.78 Å². The van der Waals surface area contributed by atoms with Gasteiger partial charge in [-0.15, -0.1) is 0 Å². The molecule has 0 aliphatic carbocycles. The van der Waals surface area contributed by atoms with Crippen LogP contribution < -0.4 is 0 Å². The van der Waals surface area contributed by atoms with E-state index in [9.17, 15) is 0 Å². The molecule has 0 fully saturated rings. The van der Waals surface area contributed by atoms with Crippen molar-refractivity contribution in [3.63, 3.8) is 0 Å². The number of hydrogen-bond acceptors (Lipinski definition) is 1. The van der Waals surface area contributed by atoms with Gasteiger partial charge in [-0.25, -0.2) is 0 Å². The summed E-state index contributed by atoms with van der Waals surface area (Å²) in [6.45, 7) is 5.20. The van der Waals surface area contributed by atoms with Gasteiger partial charge in [0.2, 0.25) is 0 Å². The normalized spacial score (nSPS) is 10.9. The van der Waals surface area contributed by atoms with Crippen molar-refractivity contribution in [2.24, 2.45) is 0 Å². The molecule has 2 nitrogen and oxygen atoms in total. The minimum absolute atomic E-state index is 0.994. The highest BCUT2D eigenvalue weighted by Crippen LogP contribution is 2.17. The van der Waals surface area contributed by atoms with Gasteiger partial charge in [0, 0.05) is 11.9 Å². The number of fused-ring (bicyclic) bond motifs is 1. The number of aromatic nitrogens is 2. The van der Waals surface area contributed by atoms with Gasteiger partial charge in [0.1, 0.15) is 0 Å². The molecule has 0 aliphatic heterocycles. The molecule has 0 saturated heterocycles. The van der Waals surface area contributed by atoms with Crippen molar-refractivity contribution < 1.29 is 0 Å². The fourth-order valence-electron chi connectivity index (χ4n) is 1.61. The first kappa shape index (κ1) is 8.30. The fourth-order valence-corrected chi connectivity index (χ4v) is 1.61. The summed E-state index contributed by atoms with van der Waals surface area (Å²) in [7, 11) is 0. The Bertz CT molecular complexity index is 415. The van der Waals surface area contributed by atoms with E-state index in [-0.39, 0.29) is 0 Å². The summed E-state index contributed by atoms with van der Waals surface area (Å²) in [6, 6.07) is 9.10. The third-order valence-corrected chi connectivity index (χ3v) is 2.22. The van der Waals surface area contributed by atoms with Gasteiger partial charge in [-0.05, 0) is 31.5 Å². The maximum absolute atomic E-state index is 4.48. The van der Waals surface area contributed by atoms with Crippen LogP contribution in [0.3, 0.4) is 0 Å². The molecular weight excluding hydrogens is 160 g/mol. The number of rotatable bonds is 2. The standard InChI is InChI=1S/C11H13N2/c1-3-8-13-11-7-5-4-6-10(11)9(2)12-13/h5-7H,3,8H2,1-2H3. The number of nitrogens with zero attached hydrogens (tertiary/aromatic N) is 2. The lowest BCUT2D eigenvalue weighted by Gasteiger charge is -1.98. The highest BCUT2D eigenvalue weighted by Gasteiger charge is 2.04. The SMILES string of the molecule is CCCn1nc(C)c2c[c]ccc21. The van der Waals surface area contributed by atoms with Crippen LogP contribution in [0, 0.1) is 13.0 Å². The highest BCUT2D eigenvalue weighted by molar-refractivity contribution is 5.81. The van der Waals surface area contributed by atoms with Gasteiger partial charge in [0.15, 0.2) is 0 Å². The third-order valence-electron chi connectivity index (χ3n) is 2.22. The van der Waals surface area contributed by atoms with Gasteiger partial charge in [-0.2, -0.15) is 5.10 Å². The Morgan fingerprint density at radius 3 is 3.15 bits per heavy atom. The molecule has 67 valence electrons. The second kappa shape index (κ2) is 3.21. The quantitative estimate of drug-likeness (QED) is 0.682. The van der Waals surface area contributed by atoms with Crippen LogP contribution in [0.4, 0.5) is 0 Å². The van der Waals surface area contributed by atoms with E-state index < -0.39 is 0 Å². The molecule has 0 bridgehead atoms. The Balaban J connectivity index is 2.63. The van der Waals surface area contributed by atoms with E-state index in [1.807, 2.05) is 19.1 Å². The van der Waals surface area contributed by atoms with Crippen molar-refractivity contribution >= 4 is 10.9 Å². The van der Waals surface area contributed by atoms with Crippen LogP contribution in [-0.4, -0.2) is 9.78 Å². The Morgan fingerprint density at radius 1 is 1.54 bits per heavy atom. The molecule has 2 rings (SSSR count). The third kappa shape index (κ3) is 1.32. The molecule has 0 unspecified atom stereocenters. The summed E-state index contributed by atoms with van der Waals surface area (Å²) >= 11 is 0. The van der Waals surface area contributed by atoms with E-state index >= 15 is 0 Å². The van der Waals surface area contributed by atoms with E-state index in [0.717, 1.165) is 18.7 Å². The maximum atomic E-state index is 4.48. The summed E-state index contributed by atoms with van der Waals surface area (Å²) in [5.74, 6) is 0. The van der Waals surface area contributed by atoms with Crippen molar-refractivity contribution in [3.8, 4) is 0 Å². The first-order valence-electron chi connectivity index (χ1n) is 4.66. The van der Waals surface area contributed by atoms with E-state index in [2.05, 4.69) is 28.8 Å². The average molecular weight is 173 g/mol. The minimum atomic E-state index is 0.994. The molecule has 1 aromatic heterocycles. The van der Waals surface area contributed by atoms with Crippen LogP contribution in [0.1, 0.15) is 19.0 Å². The van der Waals surface area contributed by atoms with Crippen molar-refractivity contribution in [1.29, 1.82) is 0 Å². The Kier molecular flexibility index (Phi) is 2.05. The zero-order valence-corrected chi connectivity index (χ0v) is 8.04. The summed E-state index contributed by atoms with van der Waals surface area (Å²) in [4.78, 5) is 0. The van der Waals surface area contributed by atoms with Crippen molar-refractivity contribution in [2.45, 2.75) is 26.8 Å². The lowest BCUT2D eigenvalue weighted by Crippen LogP contribution is -1.98. The molecular formula is C11H13N2. The van der Waals surface area contributed by atoms with Crippen LogP contribution in [0.15, 0.2) is 18.2 Å². The van der Waals surface area contributed by atoms with Gasteiger partial charge in [0.05, 0.1) is 11.2 Å². The van der Waals surface area contributed by atoms with Gasteiger partial charge in [0.25, 0.3) is 0 Å². The van der Waals surface area contributed by atoms with E-state index in [1.54, 1.807) is 0 Å². The van der Waals surface area contributed by atoms with Crippen molar-refractivity contribution in [2.75, 3.05) is 0 Å². The molecule has 1 aromatic carbocycles. The predicted molar refractivity (Wildman–Crippen MR) is 53.6 cm³/mol. The Labute approximate surface area is 78.2 Å². The number of benzene rings is 1. The van der Waals surface area contributed by atoms with Crippen molar-refractivity contribution in [3.05, 3.63) is 30.0 Å². The average Bonchev–Trinajstić information content (AvgIpc) is 2.46. The van der Waals surface area contributed by atoms with Crippen LogP contribution in [0.25, 0.3) is 10.9 Å². The predicted octanol–water partition coefficient (Wildman–Crippen LogP) is 2.55. The smallest absolute Gasteiger partial charge is 0.0685 e. The second-order valence-corrected chi connectivity index (χ2v) is 3.25. The first-order chi connectivity index (χ1) is 6.33. The molecule has 0 amide bonds. The Morgan fingerprint density at radius 2 is 2.38 bits per heavy atom. The summed E-state index contributed by atoms with van der Waals surface area (Å²) in [6.07, 6.45) is 1.12. The summed E-state index contributed by atoms with van der Waals surface area (Å²) in [5, 5.41) is 5.69. The van der Waals surface area contributed by atoms with E-state index in [0.29, 0.717) is 0 Å². The van der Waals surface area contributed by atoms with E-state index in [1.165, 1.54) is 10.9 Å². The molecule has 0 atom stereocenters. The molecule has 0 aliphatic rings. The summed E-state index contributed by atoms with van der Waals surface area (Å²) < 4.78 is 2.07. The van der Waals surface area contributed by atoms with E-state index in [4.69, 9.17) is 0 Å². The molecule has 0 N–H and O–H groups in total. The molecule has 2 heteroatoms. The molecule has 2 aromatic rings. The minimum Gasteiger partial charge on any atom is -0.265 e. The number of aryl methyl sites for hydroxylation is 2. The second-order valence-electron chi connectivity index (χ2n) is 3.25. The molecule has 13 heavy (non-hydrogen) atoms. The molecule has 1 radical (unpaired) electrons. The van der Waals surface area contributed by atoms with Crippen LogP contribution in [0.2, 0.25) is 0 Å². The van der Waals surface area contributed by atoms with Crippen LogP contribution >= 0.6 is 0 Å². The van der Waals surface area contributed by atoms with Gasteiger partial charge in [-0.3, -0.25) is 4.68 Å². The van der Waals surface area contributed by atoms with Crippen LogP contribution in [0.5, 0.6) is 0 Å².